The van der Waals surface area contributed by atoms with Gasteiger partial charge in [-0.05, 0) is 43.3 Å². The molecule has 0 aliphatic carbocycles. The summed E-state index contributed by atoms with van der Waals surface area (Å²) >= 11 is 6.19. The zero-order valence-corrected chi connectivity index (χ0v) is 15.0. The highest BCUT2D eigenvalue weighted by Gasteiger charge is 2.16. The highest BCUT2D eigenvalue weighted by Crippen LogP contribution is 2.21. The van der Waals surface area contributed by atoms with E-state index in [9.17, 15) is 9.59 Å². The van der Waals surface area contributed by atoms with E-state index >= 15 is 0 Å². The predicted molar refractivity (Wildman–Crippen MR) is 102 cm³/mol. The zero-order valence-electron chi connectivity index (χ0n) is 14.3. The molecule has 2 N–H and O–H groups in total. The Morgan fingerprint density at radius 2 is 1.62 bits per heavy atom. The van der Waals surface area contributed by atoms with Gasteiger partial charge < -0.3 is 10.6 Å². The fourth-order valence-corrected chi connectivity index (χ4v) is 2.70. The molecule has 0 radical (unpaired) electrons. The van der Waals surface area contributed by atoms with E-state index in [1.165, 1.54) is 6.92 Å². The number of amides is 2. The number of hydrogen-bond donors (Lipinski definition) is 2. The van der Waals surface area contributed by atoms with E-state index in [1.54, 1.807) is 41.2 Å². The molecule has 0 bridgehead atoms. The molecule has 0 aliphatic heterocycles. The fraction of sp³-hybridized carbons (Fsp3) is 0.105. The van der Waals surface area contributed by atoms with Crippen LogP contribution < -0.4 is 10.6 Å². The first kappa shape index (κ1) is 17.7. The summed E-state index contributed by atoms with van der Waals surface area (Å²) in [7, 11) is 0. The van der Waals surface area contributed by atoms with E-state index in [0.29, 0.717) is 27.8 Å². The second kappa shape index (κ2) is 7.41. The molecule has 0 aliphatic rings. The van der Waals surface area contributed by atoms with Crippen LogP contribution in [0.4, 0.5) is 11.4 Å². The number of anilines is 2. The lowest BCUT2D eigenvalue weighted by Crippen LogP contribution is -2.14. The van der Waals surface area contributed by atoms with E-state index in [4.69, 9.17) is 11.6 Å². The molecule has 0 atom stereocenters. The Kier molecular flexibility index (Phi) is 5.04. The molecule has 1 aromatic heterocycles. The van der Waals surface area contributed by atoms with Crippen molar-refractivity contribution >= 4 is 34.8 Å². The van der Waals surface area contributed by atoms with Crippen LogP contribution >= 0.6 is 11.6 Å². The van der Waals surface area contributed by atoms with Gasteiger partial charge in [-0.2, -0.15) is 5.10 Å². The Bertz CT molecular complexity index is 964. The zero-order chi connectivity index (χ0) is 18.7. The lowest BCUT2D eigenvalue weighted by molar-refractivity contribution is -0.114. The SMILES string of the molecule is CC(=O)Nc1ccc(NC(=O)c2nn(-c3ccccc3Cl)cc2C)cc1. The molecule has 0 saturated carbocycles. The summed E-state index contributed by atoms with van der Waals surface area (Å²) in [4.78, 5) is 23.6. The number of hydrogen-bond acceptors (Lipinski definition) is 3. The average molecular weight is 369 g/mol. The fourth-order valence-electron chi connectivity index (χ4n) is 2.48. The number of nitrogens with zero attached hydrogens (tertiary/aromatic N) is 2. The number of benzene rings is 2. The van der Waals surface area contributed by atoms with Crippen molar-refractivity contribution in [1.82, 2.24) is 9.78 Å². The van der Waals surface area contributed by atoms with Crippen LogP contribution in [0.15, 0.2) is 54.7 Å². The van der Waals surface area contributed by atoms with Gasteiger partial charge in [0.15, 0.2) is 5.69 Å². The summed E-state index contributed by atoms with van der Waals surface area (Å²) in [5.41, 5.74) is 3.02. The first-order valence-electron chi connectivity index (χ1n) is 7.94. The first-order chi connectivity index (χ1) is 12.4. The second-order valence-electron chi connectivity index (χ2n) is 5.77. The summed E-state index contributed by atoms with van der Waals surface area (Å²) in [5.74, 6) is -0.469. The third-order valence-electron chi connectivity index (χ3n) is 3.67. The maximum Gasteiger partial charge on any atom is 0.276 e. The predicted octanol–water partition coefficient (Wildman–Crippen LogP) is 4.04. The van der Waals surface area contributed by atoms with E-state index < -0.39 is 0 Å². The average Bonchev–Trinajstić information content (AvgIpc) is 2.98. The van der Waals surface area contributed by atoms with Crippen molar-refractivity contribution in [3.8, 4) is 5.69 Å². The summed E-state index contributed by atoms with van der Waals surface area (Å²) in [6.45, 7) is 3.25. The maximum atomic E-state index is 12.5. The van der Waals surface area contributed by atoms with Gasteiger partial charge in [-0.15, -0.1) is 0 Å². The highest BCUT2D eigenvalue weighted by atomic mass is 35.5. The largest absolute Gasteiger partial charge is 0.326 e. The van der Waals surface area contributed by atoms with E-state index in [0.717, 1.165) is 5.56 Å². The van der Waals surface area contributed by atoms with Crippen molar-refractivity contribution in [3.05, 3.63) is 71.0 Å². The van der Waals surface area contributed by atoms with Crippen molar-refractivity contribution < 1.29 is 9.59 Å². The van der Waals surface area contributed by atoms with E-state index in [1.807, 2.05) is 25.1 Å². The summed E-state index contributed by atoms with van der Waals surface area (Å²) in [6, 6.07) is 14.1. The van der Waals surface area contributed by atoms with Crippen LogP contribution in [-0.2, 0) is 4.79 Å². The van der Waals surface area contributed by atoms with E-state index in [-0.39, 0.29) is 11.8 Å². The normalized spacial score (nSPS) is 10.4. The van der Waals surface area contributed by atoms with Crippen LogP contribution in [0.5, 0.6) is 0 Å². The number of nitrogens with one attached hydrogen (secondary N) is 2. The molecule has 132 valence electrons. The molecule has 2 amide bonds. The van der Waals surface area contributed by atoms with Crippen molar-refractivity contribution in [2.24, 2.45) is 0 Å². The topological polar surface area (TPSA) is 76.0 Å². The van der Waals surface area contributed by atoms with Crippen molar-refractivity contribution in [3.63, 3.8) is 0 Å². The molecule has 0 unspecified atom stereocenters. The molecule has 1 heterocycles. The Morgan fingerprint density at radius 3 is 2.23 bits per heavy atom. The highest BCUT2D eigenvalue weighted by molar-refractivity contribution is 6.32. The van der Waals surface area contributed by atoms with Crippen LogP contribution in [-0.4, -0.2) is 21.6 Å². The number of aromatic nitrogens is 2. The minimum Gasteiger partial charge on any atom is -0.326 e. The van der Waals surface area contributed by atoms with Crippen molar-refractivity contribution in [1.29, 1.82) is 0 Å². The third kappa shape index (κ3) is 3.92. The molecular weight excluding hydrogens is 352 g/mol. The van der Waals surface area contributed by atoms with Gasteiger partial charge >= 0.3 is 0 Å². The van der Waals surface area contributed by atoms with Crippen LogP contribution in [0.3, 0.4) is 0 Å². The molecule has 6 nitrogen and oxygen atoms in total. The van der Waals surface area contributed by atoms with E-state index in [2.05, 4.69) is 15.7 Å². The number of aryl methyl sites for hydroxylation is 1. The van der Waals surface area contributed by atoms with Gasteiger partial charge in [0.2, 0.25) is 5.91 Å². The second-order valence-corrected chi connectivity index (χ2v) is 6.18. The number of para-hydroxylation sites is 1. The summed E-state index contributed by atoms with van der Waals surface area (Å²) < 4.78 is 1.59. The van der Waals surface area contributed by atoms with Gasteiger partial charge in [0, 0.05) is 30.1 Å². The van der Waals surface area contributed by atoms with Gasteiger partial charge in [-0.3, -0.25) is 9.59 Å². The Balaban J connectivity index is 1.78. The van der Waals surface area contributed by atoms with Gasteiger partial charge in [0.1, 0.15) is 0 Å². The van der Waals surface area contributed by atoms with Gasteiger partial charge in [-0.25, -0.2) is 4.68 Å². The lowest BCUT2D eigenvalue weighted by Gasteiger charge is -2.06. The van der Waals surface area contributed by atoms with Crippen LogP contribution in [0, 0.1) is 6.92 Å². The Hall–Kier alpha value is -3.12. The quantitative estimate of drug-likeness (QED) is 0.729. The van der Waals surface area contributed by atoms with Gasteiger partial charge in [0.25, 0.3) is 5.91 Å². The molecule has 26 heavy (non-hydrogen) atoms. The standard InChI is InChI=1S/C19H17ClN4O2/c1-12-11-24(17-6-4-3-5-16(17)20)23-18(12)19(26)22-15-9-7-14(8-10-15)21-13(2)25/h3-11H,1-2H3,(H,21,25)(H,22,26). The molecular formula is C19H17ClN4O2. The Morgan fingerprint density at radius 1 is 1.00 bits per heavy atom. The third-order valence-corrected chi connectivity index (χ3v) is 3.99. The first-order valence-corrected chi connectivity index (χ1v) is 8.32. The monoisotopic (exact) mass is 368 g/mol. The number of rotatable bonds is 4. The molecule has 3 rings (SSSR count). The molecule has 2 aromatic carbocycles. The number of halogens is 1. The molecule has 7 heteroatoms. The minimum absolute atomic E-state index is 0.150. The van der Waals surface area contributed by atoms with Gasteiger partial charge in [0.05, 0.1) is 10.7 Å². The molecule has 0 saturated heterocycles. The van der Waals surface area contributed by atoms with Crippen molar-refractivity contribution in [2.75, 3.05) is 10.6 Å². The molecule has 0 fully saturated rings. The molecule has 3 aromatic rings. The smallest absolute Gasteiger partial charge is 0.276 e. The van der Waals surface area contributed by atoms with Crippen LogP contribution in [0.2, 0.25) is 5.02 Å². The molecule has 0 spiro atoms. The summed E-state index contributed by atoms with van der Waals surface area (Å²) in [5, 5.41) is 10.4. The number of carbonyl (C=O) groups excluding carboxylic acids is 2. The van der Waals surface area contributed by atoms with Gasteiger partial charge in [-0.1, -0.05) is 23.7 Å². The maximum absolute atomic E-state index is 12.5. The van der Waals surface area contributed by atoms with Crippen LogP contribution in [0.1, 0.15) is 23.0 Å². The minimum atomic E-state index is -0.319. The van der Waals surface area contributed by atoms with Crippen LogP contribution in [0.25, 0.3) is 5.69 Å². The Labute approximate surface area is 155 Å². The lowest BCUT2D eigenvalue weighted by atomic mass is 10.2. The number of carbonyl (C=O) groups is 2. The van der Waals surface area contributed by atoms with Crippen molar-refractivity contribution in [2.45, 2.75) is 13.8 Å². The summed E-state index contributed by atoms with van der Waals surface area (Å²) in [6.07, 6.45) is 1.76.